The number of nitrogens with two attached hydrogens (primary N) is 1. The zero-order chi connectivity index (χ0) is 13.0. The minimum Gasteiger partial charge on any atom is -0.330 e. The minimum atomic E-state index is 0.230. The molecule has 100 valence electrons. The number of hydrogen-bond donors (Lipinski definition) is 1. The highest BCUT2D eigenvalue weighted by molar-refractivity contribution is 4.92. The summed E-state index contributed by atoms with van der Waals surface area (Å²) in [4.78, 5) is 0. The lowest BCUT2D eigenvalue weighted by Crippen LogP contribution is -2.29. The Morgan fingerprint density at radius 3 is 1.94 bits per heavy atom. The van der Waals surface area contributed by atoms with Gasteiger partial charge in [0.1, 0.15) is 0 Å². The molecule has 0 fully saturated rings. The molecular formula is C16H31N. The van der Waals surface area contributed by atoms with Gasteiger partial charge in [0.25, 0.3) is 0 Å². The highest BCUT2D eigenvalue weighted by Crippen LogP contribution is 2.33. The van der Waals surface area contributed by atoms with E-state index in [9.17, 15) is 0 Å². The van der Waals surface area contributed by atoms with E-state index in [1.165, 1.54) is 44.9 Å². The van der Waals surface area contributed by atoms with Crippen molar-refractivity contribution in [2.24, 2.45) is 11.1 Å². The molecule has 0 aliphatic heterocycles. The number of unbranched alkanes of at least 4 members (excludes halogenated alkanes) is 5. The van der Waals surface area contributed by atoms with E-state index in [0.29, 0.717) is 0 Å². The van der Waals surface area contributed by atoms with Crippen molar-refractivity contribution < 1.29 is 0 Å². The molecule has 0 spiro atoms. The molecule has 17 heavy (non-hydrogen) atoms. The van der Waals surface area contributed by atoms with Crippen LogP contribution in [0.2, 0.25) is 0 Å². The average molecular weight is 237 g/mol. The molecule has 2 N–H and O–H groups in total. The van der Waals surface area contributed by atoms with Crippen molar-refractivity contribution in [3.63, 3.8) is 0 Å². The molecule has 0 saturated heterocycles. The lowest BCUT2D eigenvalue weighted by Gasteiger charge is -2.30. The number of rotatable bonds is 12. The van der Waals surface area contributed by atoms with Crippen LogP contribution in [0.3, 0.4) is 0 Å². The van der Waals surface area contributed by atoms with E-state index in [1.54, 1.807) is 0 Å². The van der Waals surface area contributed by atoms with Crippen molar-refractivity contribution >= 4 is 0 Å². The largest absolute Gasteiger partial charge is 0.330 e. The molecule has 1 nitrogen and oxygen atoms in total. The molecule has 0 aliphatic rings. The smallest absolute Gasteiger partial charge is 0.00146 e. The summed E-state index contributed by atoms with van der Waals surface area (Å²) in [5.74, 6) is 0. The molecule has 0 saturated carbocycles. The van der Waals surface area contributed by atoms with Crippen molar-refractivity contribution in [2.45, 2.75) is 64.7 Å². The van der Waals surface area contributed by atoms with Crippen LogP contribution in [-0.2, 0) is 0 Å². The van der Waals surface area contributed by atoms with Crippen LogP contribution in [0.4, 0.5) is 0 Å². The summed E-state index contributed by atoms with van der Waals surface area (Å²) in [5, 5.41) is 0. The fourth-order valence-corrected chi connectivity index (χ4v) is 2.45. The summed E-state index contributed by atoms with van der Waals surface area (Å²) < 4.78 is 0. The fourth-order valence-electron chi connectivity index (χ4n) is 2.45. The predicted molar refractivity (Wildman–Crippen MR) is 79.1 cm³/mol. The monoisotopic (exact) mass is 237 g/mol. The zero-order valence-corrected chi connectivity index (χ0v) is 11.7. The summed E-state index contributed by atoms with van der Waals surface area (Å²) in [7, 11) is 0. The molecule has 0 amide bonds. The second-order valence-corrected chi connectivity index (χ2v) is 5.21. The van der Waals surface area contributed by atoms with Gasteiger partial charge in [-0.1, -0.05) is 57.6 Å². The Balaban J connectivity index is 3.89. The summed E-state index contributed by atoms with van der Waals surface area (Å²) in [6.45, 7) is 10.7. The molecule has 0 bridgehead atoms. The van der Waals surface area contributed by atoms with Gasteiger partial charge in [-0.25, -0.2) is 0 Å². The predicted octanol–water partition coefficient (Wildman–Crippen LogP) is 4.83. The molecule has 0 unspecified atom stereocenters. The fraction of sp³-hybridized carbons (Fsp3) is 0.750. The van der Waals surface area contributed by atoms with E-state index in [0.717, 1.165) is 19.4 Å². The highest BCUT2D eigenvalue weighted by Gasteiger charge is 2.24. The zero-order valence-electron chi connectivity index (χ0n) is 11.7. The van der Waals surface area contributed by atoms with Crippen LogP contribution < -0.4 is 5.73 Å². The molecule has 0 aromatic heterocycles. The van der Waals surface area contributed by atoms with Crippen molar-refractivity contribution in [3.8, 4) is 0 Å². The van der Waals surface area contributed by atoms with E-state index in [1.807, 2.05) is 12.2 Å². The number of allylic oxidation sites excluding steroid dienone is 2. The molecule has 0 aromatic carbocycles. The van der Waals surface area contributed by atoms with Gasteiger partial charge in [0.2, 0.25) is 0 Å². The van der Waals surface area contributed by atoms with Crippen LogP contribution in [0, 0.1) is 5.41 Å². The topological polar surface area (TPSA) is 26.0 Å². The van der Waals surface area contributed by atoms with Gasteiger partial charge in [-0.05, 0) is 31.2 Å². The third kappa shape index (κ3) is 7.38. The van der Waals surface area contributed by atoms with E-state index in [2.05, 4.69) is 20.1 Å². The molecule has 0 aliphatic carbocycles. The van der Waals surface area contributed by atoms with Crippen LogP contribution in [-0.4, -0.2) is 6.54 Å². The Hall–Kier alpha value is -0.560. The van der Waals surface area contributed by atoms with Crippen molar-refractivity contribution in [1.29, 1.82) is 0 Å². The highest BCUT2D eigenvalue weighted by atomic mass is 14.6. The Morgan fingerprint density at radius 1 is 0.941 bits per heavy atom. The van der Waals surface area contributed by atoms with Crippen LogP contribution >= 0.6 is 0 Å². The summed E-state index contributed by atoms with van der Waals surface area (Å²) in [6, 6.07) is 0. The van der Waals surface area contributed by atoms with Gasteiger partial charge in [0, 0.05) is 0 Å². The Bertz CT molecular complexity index is 186. The van der Waals surface area contributed by atoms with E-state index >= 15 is 0 Å². The summed E-state index contributed by atoms with van der Waals surface area (Å²) in [6.07, 6.45) is 15.4. The molecule has 0 atom stereocenters. The normalized spacial score (nSPS) is 11.4. The van der Waals surface area contributed by atoms with Crippen LogP contribution in [0.25, 0.3) is 0 Å². The maximum absolute atomic E-state index is 5.95. The van der Waals surface area contributed by atoms with Gasteiger partial charge in [-0.2, -0.15) is 0 Å². The first-order chi connectivity index (χ1) is 8.24. The first-order valence-corrected chi connectivity index (χ1v) is 7.16. The van der Waals surface area contributed by atoms with Crippen molar-refractivity contribution in [1.82, 2.24) is 0 Å². The standard InChI is InChI=1S/C16H31N/c1-4-7-8-9-10-11-14-16(15-17,12-5-2)13-6-3/h5-6H,2-4,7-15,17H2,1H3. The first-order valence-electron chi connectivity index (χ1n) is 7.16. The molecule has 0 aromatic rings. The Morgan fingerprint density at radius 2 is 1.47 bits per heavy atom. The molecule has 0 rings (SSSR count). The van der Waals surface area contributed by atoms with Crippen molar-refractivity contribution in [2.75, 3.05) is 6.54 Å². The van der Waals surface area contributed by atoms with Gasteiger partial charge >= 0.3 is 0 Å². The average Bonchev–Trinajstić information content (AvgIpc) is 2.34. The van der Waals surface area contributed by atoms with E-state index in [4.69, 9.17) is 5.73 Å². The second-order valence-electron chi connectivity index (χ2n) is 5.21. The van der Waals surface area contributed by atoms with E-state index < -0.39 is 0 Å². The van der Waals surface area contributed by atoms with Crippen molar-refractivity contribution in [3.05, 3.63) is 25.3 Å². The van der Waals surface area contributed by atoms with Crippen LogP contribution in [0.1, 0.15) is 64.7 Å². The number of hydrogen-bond acceptors (Lipinski definition) is 1. The lowest BCUT2D eigenvalue weighted by atomic mass is 9.76. The van der Waals surface area contributed by atoms with Gasteiger partial charge in [0.05, 0.1) is 0 Å². The van der Waals surface area contributed by atoms with E-state index in [-0.39, 0.29) is 5.41 Å². The first kappa shape index (κ1) is 16.4. The Labute approximate surface area is 108 Å². The summed E-state index contributed by atoms with van der Waals surface area (Å²) in [5.41, 5.74) is 6.18. The molecular weight excluding hydrogens is 206 g/mol. The van der Waals surface area contributed by atoms with Gasteiger partial charge in [-0.3, -0.25) is 0 Å². The molecule has 0 heterocycles. The lowest BCUT2D eigenvalue weighted by molar-refractivity contribution is 0.268. The second kappa shape index (κ2) is 10.6. The molecule has 0 radical (unpaired) electrons. The molecule has 1 heteroatoms. The SMILES string of the molecule is C=CCC(CN)(CC=C)CCCCCCCC. The van der Waals surface area contributed by atoms with Gasteiger partial charge in [0.15, 0.2) is 0 Å². The Kier molecular flexibility index (Phi) is 10.2. The van der Waals surface area contributed by atoms with Gasteiger partial charge < -0.3 is 5.73 Å². The maximum Gasteiger partial charge on any atom is -0.00146 e. The minimum absolute atomic E-state index is 0.230. The quantitative estimate of drug-likeness (QED) is 0.382. The third-order valence-electron chi connectivity index (χ3n) is 3.65. The summed E-state index contributed by atoms with van der Waals surface area (Å²) >= 11 is 0. The third-order valence-corrected chi connectivity index (χ3v) is 3.65. The van der Waals surface area contributed by atoms with Crippen LogP contribution in [0.5, 0.6) is 0 Å². The van der Waals surface area contributed by atoms with Gasteiger partial charge in [-0.15, -0.1) is 13.2 Å². The van der Waals surface area contributed by atoms with Crippen LogP contribution in [0.15, 0.2) is 25.3 Å². The maximum atomic E-state index is 5.95.